The van der Waals surface area contributed by atoms with Crippen molar-refractivity contribution in [3.05, 3.63) is 11.7 Å². The molecule has 0 amide bonds. The van der Waals surface area contributed by atoms with Gasteiger partial charge in [0.2, 0.25) is 5.89 Å². The van der Waals surface area contributed by atoms with Crippen molar-refractivity contribution in [2.24, 2.45) is 0 Å². The minimum absolute atomic E-state index is 0.170. The Morgan fingerprint density at radius 3 is 2.65 bits per heavy atom. The van der Waals surface area contributed by atoms with Crippen LogP contribution in [-0.4, -0.2) is 16.2 Å². The van der Waals surface area contributed by atoms with E-state index in [9.17, 15) is 0 Å². The van der Waals surface area contributed by atoms with Crippen LogP contribution in [0.15, 0.2) is 4.52 Å². The minimum Gasteiger partial charge on any atom is -0.339 e. The van der Waals surface area contributed by atoms with E-state index in [0.29, 0.717) is 12.6 Å². The summed E-state index contributed by atoms with van der Waals surface area (Å²) >= 11 is 0. The smallest absolute Gasteiger partial charge is 0.232 e. The molecule has 1 aliphatic rings. The van der Waals surface area contributed by atoms with Gasteiger partial charge in [0.25, 0.3) is 0 Å². The van der Waals surface area contributed by atoms with Crippen LogP contribution in [0.1, 0.15) is 64.6 Å². The van der Waals surface area contributed by atoms with Crippen LogP contribution in [0.3, 0.4) is 0 Å². The summed E-state index contributed by atoms with van der Waals surface area (Å²) in [5.74, 6) is 1.64. The Bertz CT molecular complexity index is 353. The van der Waals surface area contributed by atoms with E-state index >= 15 is 0 Å². The van der Waals surface area contributed by atoms with Crippen molar-refractivity contribution >= 4 is 0 Å². The molecule has 1 aromatic heterocycles. The zero-order valence-corrected chi connectivity index (χ0v) is 11.1. The molecular formula is C13H23N3O. The molecule has 0 atom stereocenters. The lowest BCUT2D eigenvalue weighted by molar-refractivity contribution is 0.271. The number of rotatable bonds is 5. The highest BCUT2D eigenvalue weighted by Gasteiger charge is 2.38. The first-order chi connectivity index (χ1) is 8.16. The number of nitrogens with one attached hydrogen (secondary N) is 1. The fourth-order valence-corrected chi connectivity index (χ4v) is 2.61. The van der Waals surface area contributed by atoms with Crippen LogP contribution in [0.4, 0.5) is 0 Å². The maximum Gasteiger partial charge on any atom is 0.232 e. The van der Waals surface area contributed by atoms with Crippen LogP contribution in [-0.2, 0) is 12.0 Å². The van der Waals surface area contributed by atoms with Gasteiger partial charge in [-0.15, -0.1) is 0 Å². The van der Waals surface area contributed by atoms with Gasteiger partial charge in [-0.3, -0.25) is 0 Å². The molecule has 1 fully saturated rings. The van der Waals surface area contributed by atoms with Crippen LogP contribution in [0.25, 0.3) is 0 Å². The maximum absolute atomic E-state index is 5.47. The van der Waals surface area contributed by atoms with Crippen molar-refractivity contribution < 1.29 is 4.52 Å². The van der Waals surface area contributed by atoms with Gasteiger partial charge in [-0.05, 0) is 19.3 Å². The molecule has 0 bridgehead atoms. The number of hydrogen-bond donors (Lipinski definition) is 1. The molecule has 0 saturated heterocycles. The third kappa shape index (κ3) is 2.68. The van der Waals surface area contributed by atoms with E-state index in [-0.39, 0.29) is 5.41 Å². The number of aromatic nitrogens is 2. The van der Waals surface area contributed by atoms with Gasteiger partial charge in [0.15, 0.2) is 5.82 Å². The van der Waals surface area contributed by atoms with Gasteiger partial charge in [-0.25, -0.2) is 0 Å². The summed E-state index contributed by atoms with van der Waals surface area (Å²) in [5.41, 5.74) is 0.170. The third-order valence-electron chi connectivity index (χ3n) is 3.83. The van der Waals surface area contributed by atoms with E-state index in [2.05, 4.69) is 36.2 Å². The van der Waals surface area contributed by atoms with Gasteiger partial charge in [0.1, 0.15) is 0 Å². The highest BCUT2D eigenvalue weighted by atomic mass is 16.5. The van der Waals surface area contributed by atoms with Gasteiger partial charge in [0, 0.05) is 11.5 Å². The topological polar surface area (TPSA) is 51.0 Å². The first-order valence-electron chi connectivity index (χ1n) is 6.73. The number of nitrogens with zero attached hydrogens (tertiary/aromatic N) is 2. The largest absolute Gasteiger partial charge is 0.339 e. The van der Waals surface area contributed by atoms with Gasteiger partial charge >= 0.3 is 0 Å². The summed E-state index contributed by atoms with van der Waals surface area (Å²) in [5, 5.41) is 7.39. The normalized spacial score (nSPS) is 19.1. The van der Waals surface area contributed by atoms with Crippen molar-refractivity contribution in [1.82, 2.24) is 15.5 Å². The van der Waals surface area contributed by atoms with Crippen LogP contribution >= 0.6 is 0 Å². The SMILES string of the molecule is CCC1(c2nc(CNC(C)C)no2)CCCC1. The zero-order chi connectivity index (χ0) is 12.3. The molecule has 2 rings (SSSR count). The molecule has 96 valence electrons. The van der Waals surface area contributed by atoms with Crippen molar-refractivity contribution in [2.75, 3.05) is 0 Å². The maximum atomic E-state index is 5.47. The van der Waals surface area contributed by atoms with Crippen molar-refractivity contribution in [3.8, 4) is 0 Å². The number of hydrogen-bond acceptors (Lipinski definition) is 4. The molecule has 0 unspecified atom stereocenters. The van der Waals surface area contributed by atoms with E-state index in [4.69, 9.17) is 4.52 Å². The second-order valence-corrected chi connectivity index (χ2v) is 5.39. The van der Waals surface area contributed by atoms with E-state index in [1.165, 1.54) is 25.7 Å². The van der Waals surface area contributed by atoms with Crippen LogP contribution < -0.4 is 5.32 Å². The summed E-state index contributed by atoms with van der Waals surface area (Å²) in [7, 11) is 0. The molecule has 0 aliphatic heterocycles. The fraction of sp³-hybridized carbons (Fsp3) is 0.846. The first kappa shape index (κ1) is 12.6. The molecular weight excluding hydrogens is 214 g/mol. The van der Waals surface area contributed by atoms with Gasteiger partial charge in [-0.1, -0.05) is 38.8 Å². The summed E-state index contributed by atoms with van der Waals surface area (Å²) in [6, 6.07) is 0.448. The van der Waals surface area contributed by atoms with Crippen LogP contribution in [0.5, 0.6) is 0 Å². The molecule has 1 aromatic rings. The molecule has 17 heavy (non-hydrogen) atoms. The second kappa shape index (κ2) is 5.17. The Morgan fingerprint density at radius 2 is 2.06 bits per heavy atom. The van der Waals surface area contributed by atoms with Crippen molar-refractivity contribution in [3.63, 3.8) is 0 Å². The second-order valence-electron chi connectivity index (χ2n) is 5.39. The monoisotopic (exact) mass is 237 g/mol. The van der Waals surface area contributed by atoms with Gasteiger partial charge in [-0.2, -0.15) is 4.98 Å². The Labute approximate surface area is 103 Å². The molecule has 1 N–H and O–H groups in total. The molecule has 1 aliphatic carbocycles. The minimum atomic E-state index is 0.170. The average molecular weight is 237 g/mol. The zero-order valence-electron chi connectivity index (χ0n) is 11.1. The van der Waals surface area contributed by atoms with Gasteiger partial charge in [0.05, 0.1) is 6.54 Å². The summed E-state index contributed by atoms with van der Waals surface area (Å²) < 4.78 is 5.47. The van der Waals surface area contributed by atoms with Gasteiger partial charge < -0.3 is 9.84 Å². The Kier molecular flexibility index (Phi) is 3.82. The van der Waals surface area contributed by atoms with Crippen molar-refractivity contribution in [1.29, 1.82) is 0 Å². The quantitative estimate of drug-likeness (QED) is 0.855. The lowest BCUT2D eigenvalue weighted by atomic mass is 9.83. The third-order valence-corrected chi connectivity index (χ3v) is 3.83. The first-order valence-corrected chi connectivity index (χ1v) is 6.73. The van der Waals surface area contributed by atoms with E-state index in [0.717, 1.165) is 18.1 Å². The molecule has 0 aromatic carbocycles. The molecule has 0 spiro atoms. The molecule has 1 heterocycles. The fourth-order valence-electron chi connectivity index (χ4n) is 2.61. The summed E-state index contributed by atoms with van der Waals surface area (Å²) in [6.07, 6.45) is 6.07. The highest BCUT2D eigenvalue weighted by Crippen LogP contribution is 2.42. The Morgan fingerprint density at radius 1 is 1.35 bits per heavy atom. The molecule has 4 heteroatoms. The predicted molar refractivity (Wildman–Crippen MR) is 66.7 cm³/mol. The van der Waals surface area contributed by atoms with Crippen LogP contribution in [0, 0.1) is 0 Å². The summed E-state index contributed by atoms with van der Waals surface area (Å²) in [6.45, 7) is 7.15. The highest BCUT2D eigenvalue weighted by molar-refractivity contribution is 5.07. The predicted octanol–water partition coefficient (Wildman–Crippen LogP) is 2.79. The molecule has 4 nitrogen and oxygen atoms in total. The van der Waals surface area contributed by atoms with Crippen molar-refractivity contribution in [2.45, 2.75) is 70.9 Å². The average Bonchev–Trinajstić information content (AvgIpc) is 2.96. The molecule has 1 saturated carbocycles. The standard InChI is InChI=1S/C13H23N3O/c1-4-13(7-5-6-8-13)12-15-11(16-17-12)9-14-10(2)3/h10,14H,4-9H2,1-3H3. The summed E-state index contributed by atoms with van der Waals surface area (Å²) in [4.78, 5) is 4.57. The molecule has 0 radical (unpaired) electrons. The van der Waals surface area contributed by atoms with E-state index < -0.39 is 0 Å². The lowest BCUT2D eigenvalue weighted by Gasteiger charge is -2.21. The Hall–Kier alpha value is -0.900. The Balaban J connectivity index is 2.06. The van der Waals surface area contributed by atoms with E-state index in [1.807, 2.05) is 0 Å². The lowest BCUT2D eigenvalue weighted by Crippen LogP contribution is -2.23. The van der Waals surface area contributed by atoms with E-state index in [1.54, 1.807) is 0 Å². The van der Waals surface area contributed by atoms with Crippen LogP contribution in [0.2, 0.25) is 0 Å².